The summed E-state index contributed by atoms with van der Waals surface area (Å²) in [5.41, 5.74) is 1.67. The molecular formula is C18H24N4O3S. The molecule has 1 aromatic heterocycles. The monoisotopic (exact) mass is 376 g/mol. The summed E-state index contributed by atoms with van der Waals surface area (Å²) in [5, 5.41) is 3.19. The molecule has 0 bridgehead atoms. The molecule has 8 heteroatoms. The van der Waals surface area contributed by atoms with Crippen molar-refractivity contribution >= 4 is 27.3 Å². The van der Waals surface area contributed by atoms with Crippen LogP contribution < -0.4 is 15.0 Å². The second-order valence-electron chi connectivity index (χ2n) is 6.44. The molecule has 26 heavy (non-hydrogen) atoms. The normalized spacial score (nSPS) is 18.5. The number of benzene rings is 1. The number of anilines is 3. The van der Waals surface area contributed by atoms with Gasteiger partial charge in [-0.15, -0.1) is 0 Å². The van der Waals surface area contributed by atoms with Crippen LogP contribution in [0, 0.1) is 6.92 Å². The number of aryl methyl sites for hydroxylation is 1. The zero-order valence-electron chi connectivity index (χ0n) is 15.3. The lowest BCUT2D eigenvalue weighted by atomic mass is 10.2. The number of nitrogens with zero attached hydrogens (tertiary/aromatic N) is 3. The third kappa shape index (κ3) is 4.43. The van der Waals surface area contributed by atoms with Gasteiger partial charge in [-0.1, -0.05) is 0 Å². The van der Waals surface area contributed by atoms with Crippen molar-refractivity contribution in [2.75, 3.05) is 35.4 Å². The molecule has 2 aromatic rings. The van der Waals surface area contributed by atoms with Crippen LogP contribution in [0.5, 0.6) is 5.75 Å². The van der Waals surface area contributed by atoms with Crippen LogP contribution in [0.3, 0.4) is 0 Å². The third-order valence-electron chi connectivity index (χ3n) is 4.38. The van der Waals surface area contributed by atoms with Gasteiger partial charge in [0, 0.05) is 30.5 Å². The van der Waals surface area contributed by atoms with E-state index in [1.807, 2.05) is 56.1 Å². The predicted molar refractivity (Wildman–Crippen MR) is 103 cm³/mol. The third-order valence-corrected chi connectivity index (χ3v) is 6.13. The van der Waals surface area contributed by atoms with E-state index in [2.05, 4.69) is 15.3 Å². The van der Waals surface area contributed by atoms with Gasteiger partial charge in [0.25, 0.3) is 0 Å². The van der Waals surface area contributed by atoms with Gasteiger partial charge in [0.1, 0.15) is 11.6 Å². The molecule has 0 spiro atoms. The van der Waals surface area contributed by atoms with E-state index in [-0.39, 0.29) is 17.5 Å². The van der Waals surface area contributed by atoms with Crippen molar-refractivity contribution in [2.45, 2.75) is 26.3 Å². The van der Waals surface area contributed by atoms with Gasteiger partial charge >= 0.3 is 0 Å². The van der Waals surface area contributed by atoms with Crippen molar-refractivity contribution < 1.29 is 13.2 Å². The summed E-state index contributed by atoms with van der Waals surface area (Å²) in [4.78, 5) is 10.9. The van der Waals surface area contributed by atoms with E-state index in [1.165, 1.54) is 0 Å². The number of hydrogen-bond donors (Lipinski definition) is 1. The molecule has 0 saturated carbocycles. The van der Waals surface area contributed by atoms with Crippen molar-refractivity contribution in [3.8, 4) is 5.75 Å². The Kier molecular flexibility index (Phi) is 5.31. The molecule has 1 aliphatic rings. The SMILES string of the molecule is CCOc1ccc(Nc2nc(C)cc(N(C)C3CCS(=O)(=O)C3)n2)cc1. The van der Waals surface area contributed by atoms with E-state index in [9.17, 15) is 8.42 Å². The summed E-state index contributed by atoms with van der Waals surface area (Å²) in [6.45, 7) is 4.47. The Labute approximate surface area is 154 Å². The average molecular weight is 376 g/mol. The summed E-state index contributed by atoms with van der Waals surface area (Å²) in [6, 6.07) is 9.41. The Balaban J connectivity index is 1.77. The second kappa shape index (κ2) is 7.49. The molecule has 1 saturated heterocycles. The van der Waals surface area contributed by atoms with Gasteiger partial charge in [-0.2, -0.15) is 4.98 Å². The van der Waals surface area contributed by atoms with Gasteiger partial charge in [-0.25, -0.2) is 13.4 Å². The van der Waals surface area contributed by atoms with Crippen LogP contribution in [-0.2, 0) is 9.84 Å². The largest absolute Gasteiger partial charge is 0.494 e. The van der Waals surface area contributed by atoms with E-state index in [1.54, 1.807) is 0 Å². The molecule has 1 unspecified atom stereocenters. The molecule has 0 aliphatic carbocycles. The van der Waals surface area contributed by atoms with E-state index in [0.29, 0.717) is 24.8 Å². The fourth-order valence-electron chi connectivity index (χ4n) is 2.99. The molecule has 140 valence electrons. The molecule has 0 radical (unpaired) electrons. The molecule has 0 amide bonds. The second-order valence-corrected chi connectivity index (χ2v) is 8.67. The number of nitrogens with one attached hydrogen (secondary N) is 1. The fourth-order valence-corrected chi connectivity index (χ4v) is 4.76. The number of rotatable bonds is 6. The quantitative estimate of drug-likeness (QED) is 0.829. The van der Waals surface area contributed by atoms with Gasteiger partial charge in [0.15, 0.2) is 9.84 Å². The highest BCUT2D eigenvalue weighted by Crippen LogP contribution is 2.24. The number of hydrogen-bond acceptors (Lipinski definition) is 7. The van der Waals surface area contributed by atoms with Crippen LogP contribution in [0.4, 0.5) is 17.5 Å². The summed E-state index contributed by atoms with van der Waals surface area (Å²) < 4.78 is 28.9. The zero-order valence-corrected chi connectivity index (χ0v) is 16.1. The first-order valence-corrected chi connectivity index (χ1v) is 10.5. The van der Waals surface area contributed by atoms with Gasteiger partial charge in [0.05, 0.1) is 18.1 Å². The highest BCUT2D eigenvalue weighted by Gasteiger charge is 2.31. The summed E-state index contributed by atoms with van der Waals surface area (Å²) in [5.74, 6) is 2.42. The van der Waals surface area contributed by atoms with Crippen LogP contribution in [0.25, 0.3) is 0 Å². The fraction of sp³-hybridized carbons (Fsp3) is 0.444. The molecule has 1 fully saturated rings. The molecule has 7 nitrogen and oxygen atoms in total. The minimum absolute atomic E-state index is 0.0485. The summed E-state index contributed by atoms with van der Waals surface area (Å²) in [7, 11) is -1.06. The molecular weight excluding hydrogens is 352 g/mol. The Morgan fingerprint density at radius 2 is 2.00 bits per heavy atom. The minimum atomic E-state index is -2.94. The molecule has 1 atom stereocenters. The Hall–Kier alpha value is -2.35. The Morgan fingerprint density at radius 1 is 1.27 bits per heavy atom. The van der Waals surface area contributed by atoms with Crippen molar-refractivity contribution in [3.05, 3.63) is 36.0 Å². The molecule has 1 aliphatic heterocycles. The van der Waals surface area contributed by atoms with Gasteiger partial charge in [0.2, 0.25) is 5.95 Å². The predicted octanol–water partition coefficient (Wildman–Crippen LogP) is 2.55. The Bertz CT molecular complexity index is 869. The summed E-state index contributed by atoms with van der Waals surface area (Å²) in [6.07, 6.45) is 0.629. The first-order valence-electron chi connectivity index (χ1n) is 8.65. The van der Waals surface area contributed by atoms with E-state index < -0.39 is 9.84 Å². The topological polar surface area (TPSA) is 84.4 Å². The van der Waals surface area contributed by atoms with Crippen molar-refractivity contribution in [1.82, 2.24) is 9.97 Å². The van der Waals surface area contributed by atoms with E-state index in [4.69, 9.17) is 4.74 Å². The van der Waals surface area contributed by atoms with Gasteiger partial charge in [-0.3, -0.25) is 0 Å². The molecule has 2 heterocycles. The first kappa shape index (κ1) is 18.4. The molecule has 1 aromatic carbocycles. The maximum absolute atomic E-state index is 11.7. The molecule has 1 N–H and O–H groups in total. The lowest BCUT2D eigenvalue weighted by Crippen LogP contribution is -2.33. The van der Waals surface area contributed by atoms with E-state index in [0.717, 1.165) is 17.1 Å². The van der Waals surface area contributed by atoms with Gasteiger partial charge in [-0.05, 0) is 44.5 Å². The van der Waals surface area contributed by atoms with Crippen molar-refractivity contribution in [2.24, 2.45) is 0 Å². The lowest BCUT2D eigenvalue weighted by molar-refractivity contribution is 0.340. The minimum Gasteiger partial charge on any atom is -0.494 e. The molecule has 3 rings (SSSR count). The maximum Gasteiger partial charge on any atom is 0.229 e. The number of aromatic nitrogens is 2. The van der Waals surface area contributed by atoms with E-state index >= 15 is 0 Å². The highest BCUT2D eigenvalue weighted by atomic mass is 32.2. The zero-order chi connectivity index (χ0) is 18.7. The van der Waals surface area contributed by atoms with Crippen LogP contribution in [-0.4, -0.2) is 49.6 Å². The lowest BCUT2D eigenvalue weighted by Gasteiger charge is -2.25. The highest BCUT2D eigenvalue weighted by molar-refractivity contribution is 7.91. The number of ether oxygens (including phenoxy) is 1. The number of sulfone groups is 1. The first-order chi connectivity index (χ1) is 12.4. The standard InChI is InChI=1S/C18H24N4O3S/c1-4-25-16-7-5-14(6-8-16)20-18-19-13(2)11-17(21-18)22(3)15-9-10-26(23,24)12-15/h5-8,11,15H,4,9-10,12H2,1-3H3,(H,19,20,21). The average Bonchev–Trinajstić information content (AvgIpc) is 2.95. The van der Waals surface area contributed by atoms with Crippen LogP contribution in [0.15, 0.2) is 30.3 Å². The van der Waals surface area contributed by atoms with Crippen LogP contribution >= 0.6 is 0 Å². The van der Waals surface area contributed by atoms with Crippen LogP contribution in [0.1, 0.15) is 19.0 Å². The van der Waals surface area contributed by atoms with Crippen molar-refractivity contribution in [3.63, 3.8) is 0 Å². The van der Waals surface area contributed by atoms with Crippen molar-refractivity contribution in [1.29, 1.82) is 0 Å². The smallest absolute Gasteiger partial charge is 0.229 e. The Morgan fingerprint density at radius 3 is 2.62 bits per heavy atom. The maximum atomic E-state index is 11.7. The van der Waals surface area contributed by atoms with Gasteiger partial charge < -0.3 is 15.0 Å². The van der Waals surface area contributed by atoms with Crippen LogP contribution in [0.2, 0.25) is 0 Å². The summed E-state index contributed by atoms with van der Waals surface area (Å²) >= 11 is 0.